The van der Waals surface area contributed by atoms with E-state index in [4.69, 9.17) is 9.26 Å². The van der Waals surface area contributed by atoms with E-state index in [2.05, 4.69) is 10.5 Å². The molecule has 138 valence electrons. The van der Waals surface area contributed by atoms with Crippen LogP contribution in [0.4, 0.5) is 5.69 Å². The van der Waals surface area contributed by atoms with Gasteiger partial charge < -0.3 is 19.5 Å². The maximum Gasteiger partial charge on any atom is 0.253 e. The van der Waals surface area contributed by atoms with Crippen molar-refractivity contribution in [3.8, 4) is 0 Å². The van der Waals surface area contributed by atoms with Crippen molar-refractivity contribution in [3.63, 3.8) is 0 Å². The minimum Gasteiger partial charge on any atom is -0.368 e. The second kappa shape index (κ2) is 7.70. The molecule has 1 aliphatic rings. The van der Waals surface area contributed by atoms with E-state index in [1.165, 1.54) is 0 Å². The van der Waals surface area contributed by atoms with Gasteiger partial charge in [-0.15, -0.1) is 0 Å². The molecule has 0 aliphatic carbocycles. The van der Waals surface area contributed by atoms with Crippen molar-refractivity contribution >= 4 is 17.5 Å². The molecule has 0 bridgehead atoms. The van der Waals surface area contributed by atoms with Crippen molar-refractivity contribution in [1.82, 2.24) is 10.1 Å². The average Bonchev–Trinajstić information content (AvgIpc) is 3.27. The van der Waals surface area contributed by atoms with Gasteiger partial charge in [0.1, 0.15) is 11.9 Å². The number of anilines is 1. The molecule has 1 aromatic heterocycles. The SMILES string of the molecule is Cc1noc(C)c1CN(C)C(=O)c1cccc(NC(=O)[C@@H]2CCCO2)c1. The zero-order valence-corrected chi connectivity index (χ0v) is 15.2. The zero-order valence-electron chi connectivity index (χ0n) is 15.2. The van der Waals surface area contributed by atoms with Gasteiger partial charge in [0.25, 0.3) is 11.8 Å². The van der Waals surface area contributed by atoms with E-state index in [9.17, 15) is 9.59 Å². The minimum atomic E-state index is -0.406. The third-order valence-electron chi connectivity index (χ3n) is 4.52. The van der Waals surface area contributed by atoms with Gasteiger partial charge in [0, 0.05) is 30.5 Å². The molecule has 26 heavy (non-hydrogen) atoms. The maximum atomic E-state index is 12.7. The van der Waals surface area contributed by atoms with E-state index < -0.39 is 6.10 Å². The Balaban J connectivity index is 1.68. The number of aromatic nitrogens is 1. The van der Waals surface area contributed by atoms with Crippen molar-refractivity contribution in [3.05, 3.63) is 46.8 Å². The first-order valence-corrected chi connectivity index (χ1v) is 8.65. The number of aryl methyl sites for hydroxylation is 2. The first-order chi connectivity index (χ1) is 12.5. The molecule has 3 rings (SSSR count). The molecule has 0 unspecified atom stereocenters. The molecule has 1 atom stereocenters. The van der Waals surface area contributed by atoms with E-state index >= 15 is 0 Å². The molecule has 1 saturated heterocycles. The van der Waals surface area contributed by atoms with Crippen LogP contribution < -0.4 is 5.32 Å². The van der Waals surface area contributed by atoms with E-state index in [-0.39, 0.29) is 11.8 Å². The molecule has 0 spiro atoms. The Hall–Kier alpha value is -2.67. The molecule has 1 aromatic carbocycles. The Morgan fingerprint density at radius 3 is 2.81 bits per heavy atom. The Morgan fingerprint density at radius 2 is 2.15 bits per heavy atom. The predicted octanol–water partition coefficient (Wildman–Crippen LogP) is 2.68. The molecule has 0 saturated carbocycles. The number of rotatable bonds is 5. The van der Waals surface area contributed by atoms with E-state index in [0.717, 1.165) is 24.1 Å². The van der Waals surface area contributed by atoms with Crippen molar-refractivity contribution in [2.24, 2.45) is 0 Å². The summed E-state index contributed by atoms with van der Waals surface area (Å²) in [7, 11) is 1.73. The van der Waals surface area contributed by atoms with Gasteiger partial charge in [-0.05, 0) is 44.9 Å². The molecule has 7 heteroatoms. The monoisotopic (exact) mass is 357 g/mol. The molecular weight excluding hydrogens is 334 g/mol. The van der Waals surface area contributed by atoms with Crippen molar-refractivity contribution in [2.75, 3.05) is 19.0 Å². The van der Waals surface area contributed by atoms with Gasteiger partial charge in [0.05, 0.1) is 12.2 Å². The zero-order chi connectivity index (χ0) is 18.7. The predicted molar refractivity (Wildman–Crippen MR) is 95.8 cm³/mol. The second-order valence-corrected chi connectivity index (χ2v) is 6.54. The highest BCUT2D eigenvalue weighted by Gasteiger charge is 2.24. The van der Waals surface area contributed by atoms with Gasteiger partial charge in [0.15, 0.2) is 0 Å². The lowest BCUT2D eigenvalue weighted by Crippen LogP contribution is -2.28. The Bertz CT molecular complexity index is 789. The molecule has 0 radical (unpaired) electrons. The number of hydrogen-bond acceptors (Lipinski definition) is 5. The van der Waals surface area contributed by atoms with Crippen LogP contribution in [0.2, 0.25) is 0 Å². The third-order valence-corrected chi connectivity index (χ3v) is 4.52. The standard InChI is InChI=1S/C19H23N3O4/c1-12-16(13(2)26-21-12)11-22(3)19(24)14-6-4-7-15(10-14)20-18(23)17-8-5-9-25-17/h4,6-7,10,17H,5,8-9,11H2,1-3H3,(H,20,23)/t17-/m0/s1. The van der Waals surface area contributed by atoms with E-state index in [0.29, 0.717) is 30.2 Å². The lowest BCUT2D eigenvalue weighted by Gasteiger charge is -2.18. The van der Waals surface area contributed by atoms with Crippen LogP contribution in [-0.4, -0.2) is 41.6 Å². The number of nitrogens with one attached hydrogen (secondary N) is 1. The summed E-state index contributed by atoms with van der Waals surface area (Å²) in [5.41, 5.74) is 2.77. The van der Waals surface area contributed by atoms with Crippen molar-refractivity contribution in [2.45, 2.75) is 39.3 Å². The van der Waals surface area contributed by atoms with Gasteiger partial charge >= 0.3 is 0 Å². The quantitative estimate of drug-likeness (QED) is 0.889. The van der Waals surface area contributed by atoms with Crippen LogP contribution in [0.1, 0.15) is 40.2 Å². The highest BCUT2D eigenvalue weighted by molar-refractivity contribution is 5.98. The summed E-state index contributed by atoms with van der Waals surface area (Å²) >= 11 is 0. The fourth-order valence-corrected chi connectivity index (χ4v) is 2.99. The van der Waals surface area contributed by atoms with Crippen LogP contribution in [0.15, 0.2) is 28.8 Å². The first-order valence-electron chi connectivity index (χ1n) is 8.65. The van der Waals surface area contributed by atoms with Crippen LogP contribution in [-0.2, 0) is 16.1 Å². The number of carbonyl (C=O) groups is 2. The summed E-state index contributed by atoms with van der Waals surface area (Å²) in [6, 6.07) is 6.92. The molecule has 1 fully saturated rings. The lowest BCUT2D eigenvalue weighted by molar-refractivity contribution is -0.124. The topological polar surface area (TPSA) is 84.7 Å². The fourth-order valence-electron chi connectivity index (χ4n) is 2.99. The number of carbonyl (C=O) groups excluding carboxylic acids is 2. The average molecular weight is 357 g/mol. The van der Waals surface area contributed by atoms with Crippen LogP contribution >= 0.6 is 0 Å². The summed E-state index contributed by atoms with van der Waals surface area (Å²) in [6.07, 6.45) is 1.21. The Morgan fingerprint density at radius 1 is 1.35 bits per heavy atom. The van der Waals surface area contributed by atoms with Gasteiger partial charge in [0.2, 0.25) is 0 Å². The molecule has 7 nitrogen and oxygen atoms in total. The Kier molecular flexibility index (Phi) is 5.37. The lowest BCUT2D eigenvalue weighted by atomic mass is 10.1. The molecule has 2 amide bonds. The highest BCUT2D eigenvalue weighted by atomic mass is 16.5. The summed E-state index contributed by atoms with van der Waals surface area (Å²) in [5.74, 6) is 0.397. The number of nitrogens with zero attached hydrogens (tertiary/aromatic N) is 2. The van der Waals surface area contributed by atoms with E-state index in [1.54, 1.807) is 36.2 Å². The second-order valence-electron chi connectivity index (χ2n) is 6.54. The van der Waals surface area contributed by atoms with Crippen LogP contribution in [0.5, 0.6) is 0 Å². The van der Waals surface area contributed by atoms with Crippen LogP contribution in [0, 0.1) is 13.8 Å². The molecule has 1 aliphatic heterocycles. The van der Waals surface area contributed by atoms with Gasteiger partial charge in [-0.1, -0.05) is 11.2 Å². The summed E-state index contributed by atoms with van der Waals surface area (Å²) < 4.78 is 10.5. The van der Waals surface area contributed by atoms with E-state index in [1.807, 2.05) is 13.8 Å². The van der Waals surface area contributed by atoms with Crippen LogP contribution in [0.25, 0.3) is 0 Å². The Labute approximate surface area is 152 Å². The molecule has 2 heterocycles. The number of ether oxygens (including phenoxy) is 1. The van der Waals surface area contributed by atoms with Gasteiger partial charge in [-0.25, -0.2) is 0 Å². The van der Waals surface area contributed by atoms with Gasteiger partial charge in [-0.2, -0.15) is 0 Å². The highest BCUT2D eigenvalue weighted by Crippen LogP contribution is 2.19. The first kappa shape index (κ1) is 18.1. The molecule has 1 N–H and O–H groups in total. The smallest absolute Gasteiger partial charge is 0.253 e. The largest absolute Gasteiger partial charge is 0.368 e. The summed E-state index contributed by atoms with van der Waals surface area (Å²) in [6.45, 7) is 4.70. The number of amides is 2. The number of benzene rings is 1. The fraction of sp³-hybridized carbons (Fsp3) is 0.421. The molecular formula is C19H23N3O4. The third kappa shape index (κ3) is 3.94. The normalized spacial score (nSPS) is 16.5. The summed E-state index contributed by atoms with van der Waals surface area (Å²) in [4.78, 5) is 26.5. The van der Waals surface area contributed by atoms with Crippen molar-refractivity contribution < 1.29 is 18.8 Å². The minimum absolute atomic E-state index is 0.141. The van der Waals surface area contributed by atoms with Crippen molar-refractivity contribution in [1.29, 1.82) is 0 Å². The summed E-state index contributed by atoms with van der Waals surface area (Å²) in [5, 5.41) is 6.74. The number of hydrogen-bond donors (Lipinski definition) is 1. The van der Waals surface area contributed by atoms with Gasteiger partial charge in [-0.3, -0.25) is 9.59 Å². The molecule has 2 aromatic rings. The maximum absolute atomic E-state index is 12.7. The van der Waals surface area contributed by atoms with Crippen LogP contribution in [0.3, 0.4) is 0 Å².